The monoisotopic (exact) mass is 458 g/mol. The van der Waals surface area contributed by atoms with Crippen molar-refractivity contribution in [1.29, 1.82) is 0 Å². The number of piperazine rings is 1. The van der Waals surface area contributed by atoms with Crippen LogP contribution >= 0.6 is 0 Å². The molecule has 5 rings (SSSR count). The van der Waals surface area contributed by atoms with Gasteiger partial charge in [-0.15, -0.1) is 15.3 Å². The molecule has 4 aromatic rings. The Bertz CT molecular complexity index is 1200. The summed E-state index contributed by atoms with van der Waals surface area (Å²) in [7, 11) is 0. The maximum absolute atomic E-state index is 13.1. The van der Waals surface area contributed by atoms with E-state index in [9.17, 15) is 13.2 Å². The third-order valence-corrected chi connectivity index (χ3v) is 5.49. The van der Waals surface area contributed by atoms with Gasteiger partial charge < -0.3 is 19.1 Å². The Morgan fingerprint density at radius 2 is 1.67 bits per heavy atom. The molecule has 1 aliphatic heterocycles. The molecule has 0 unspecified atom stereocenters. The van der Waals surface area contributed by atoms with Crippen molar-refractivity contribution in [2.75, 3.05) is 42.6 Å². The van der Waals surface area contributed by atoms with Crippen LogP contribution in [0.25, 0.3) is 5.65 Å². The average Bonchev–Trinajstić information content (AvgIpc) is 3.49. The van der Waals surface area contributed by atoms with Gasteiger partial charge in [-0.2, -0.15) is 17.7 Å². The van der Waals surface area contributed by atoms with Gasteiger partial charge in [0.25, 0.3) is 5.82 Å². The molecule has 0 atom stereocenters. The van der Waals surface area contributed by atoms with Crippen LogP contribution in [0.5, 0.6) is 5.75 Å². The molecule has 0 aliphatic carbocycles. The van der Waals surface area contributed by atoms with Crippen LogP contribution in [-0.4, -0.2) is 62.1 Å². The summed E-state index contributed by atoms with van der Waals surface area (Å²) in [6.45, 7) is 3.97. The van der Waals surface area contributed by atoms with Crippen molar-refractivity contribution in [2.45, 2.75) is 12.7 Å². The van der Waals surface area contributed by atoms with Gasteiger partial charge in [-0.3, -0.25) is 0 Å². The molecule has 0 radical (unpaired) electrons. The molecule has 9 nitrogen and oxygen atoms in total. The van der Waals surface area contributed by atoms with Gasteiger partial charge in [0.2, 0.25) is 0 Å². The second-order valence-corrected chi connectivity index (χ2v) is 7.60. The first-order valence-electron chi connectivity index (χ1n) is 10.5. The average molecular weight is 458 g/mol. The van der Waals surface area contributed by atoms with E-state index in [1.165, 1.54) is 6.07 Å². The Hall–Kier alpha value is -3.83. The number of hydrogen-bond acceptors (Lipinski definition) is 7. The van der Waals surface area contributed by atoms with Crippen molar-refractivity contribution in [2.24, 2.45) is 0 Å². The van der Waals surface area contributed by atoms with Crippen LogP contribution in [0, 0.1) is 0 Å². The van der Waals surface area contributed by atoms with Crippen molar-refractivity contribution in [1.82, 2.24) is 29.4 Å². The highest BCUT2D eigenvalue weighted by molar-refractivity contribution is 5.52. The van der Waals surface area contributed by atoms with Gasteiger partial charge in [-0.05, 0) is 36.4 Å². The Morgan fingerprint density at radius 1 is 0.909 bits per heavy atom. The summed E-state index contributed by atoms with van der Waals surface area (Å²) in [6.07, 6.45) is 0.763. The van der Waals surface area contributed by atoms with Crippen LogP contribution in [0.2, 0.25) is 0 Å². The Balaban J connectivity index is 1.18. The normalized spacial score (nSPS) is 14.8. The minimum atomic E-state index is -4.61. The Kier molecular flexibility index (Phi) is 5.48. The van der Waals surface area contributed by atoms with Gasteiger partial charge in [0, 0.05) is 44.3 Å². The number of aromatic nitrogens is 6. The highest BCUT2D eigenvalue weighted by Crippen LogP contribution is 2.28. The fraction of sp³-hybridized carbons (Fsp3) is 0.333. The van der Waals surface area contributed by atoms with Crippen LogP contribution in [0.1, 0.15) is 5.82 Å². The number of imidazole rings is 1. The number of ether oxygens (including phenoxy) is 1. The number of anilines is 2. The lowest BCUT2D eigenvalue weighted by molar-refractivity contribution is -0.146. The Labute approximate surface area is 187 Å². The SMILES string of the molecule is FC(F)(F)c1nnc2ccc(N3CCN(c4ccc(OCCn5ccnc5)cc4)CC3)nn12. The molecule has 1 aromatic carbocycles. The predicted molar refractivity (Wildman–Crippen MR) is 114 cm³/mol. The molecule has 12 heteroatoms. The van der Waals surface area contributed by atoms with E-state index in [0.717, 1.165) is 35.6 Å². The van der Waals surface area contributed by atoms with E-state index in [-0.39, 0.29) is 5.65 Å². The van der Waals surface area contributed by atoms with Crippen molar-refractivity contribution in [3.05, 3.63) is 60.9 Å². The third-order valence-electron chi connectivity index (χ3n) is 5.49. The van der Waals surface area contributed by atoms with Gasteiger partial charge in [-0.1, -0.05) is 0 Å². The summed E-state index contributed by atoms with van der Waals surface area (Å²) >= 11 is 0. The zero-order valence-corrected chi connectivity index (χ0v) is 17.6. The first-order valence-corrected chi connectivity index (χ1v) is 10.5. The molecule has 0 bridgehead atoms. The van der Waals surface area contributed by atoms with Gasteiger partial charge in [0.05, 0.1) is 12.9 Å². The van der Waals surface area contributed by atoms with Crippen LogP contribution < -0.4 is 14.5 Å². The minimum absolute atomic E-state index is 0.0667. The molecule has 1 aliphatic rings. The molecule has 172 valence electrons. The van der Waals surface area contributed by atoms with E-state index >= 15 is 0 Å². The molecule has 0 spiro atoms. The summed E-state index contributed by atoms with van der Waals surface area (Å²) in [5.74, 6) is 0.142. The second-order valence-electron chi connectivity index (χ2n) is 7.60. The zero-order chi connectivity index (χ0) is 22.8. The smallest absolute Gasteiger partial charge is 0.453 e. The van der Waals surface area contributed by atoms with E-state index in [1.54, 1.807) is 18.6 Å². The quantitative estimate of drug-likeness (QED) is 0.440. The fourth-order valence-corrected chi connectivity index (χ4v) is 3.76. The summed E-state index contributed by atoms with van der Waals surface area (Å²) < 4.78 is 47.9. The Morgan fingerprint density at radius 3 is 2.36 bits per heavy atom. The predicted octanol–water partition coefficient (Wildman–Crippen LogP) is 2.75. The first-order chi connectivity index (χ1) is 16.0. The molecule has 0 amide bonds. The molecular formula is C21H21F3N8O. The lowest BCUT2D eigenvalue weighted by Gasteiger charge is -2.36. The lowest BCUT2D eigenvalue weighted by atomic mass is 10.2. The number of fused-ring (bicyclic) bond motifs is 1. The van der Waals surface area contributed by atoms with Crippen LogP contribution in [-0.2, 0) is 12.7 Å². The molecule has 0 N–H and O–H groups in total. The topological polar surface area (TPSA) is 76.6 Å². The number of halogens is 3. The standard InChI is InChI=1S/C21H21F3N8O/c22-21(23,24)20-27-26-18-5-6-19(28-32(18)20)31-11-9-30(10-12-31)16-1-3-17(4-2-16)33-14-13-29-8-7-25-15-29/h1-8,15H,9-14H2. The lowest BCUT2D eigenvalue weighted by Crippen LogP contribution is -2.47. The van der Waals surface area contributed by atoms with E-state index in [4.69, 9.17) is 4.74 Å². The molecule has 1 saturated heterocycles. The molecular weight excluding hydrogens is 437 g/mol. The number of nitrogens with zero attached hydrogens (tertiary/aromatic N) is 8. The molecule has 33 heavy (non-hydrogen) atoms. The van der Waals surface area contributed by atoms with Gasteiger partial charge >= 0.3 is 6.18 Å². The highest BCUT2D eigenvalue weighted by atomic mass is 19.4. The molecule has 1 fully saturated rings. The van der Waals surface area contributed by atoms with Crippen molar-refractivity contribution >= 4 is 17.2 Å². The van der Waals surface area contributed by atoms with Crippen LogP contribution in [0.4, 0.5) is 24.7 Å². The summed E-state index contributed by atoms with van der Waals surface area (Å²) in [5, 5.41) is 10.9. The first kappa shape index (κ1) is 21.0. The van der Waals surface area contributed by atoms with Crippen LogP contribution in [0.3, 0.4) is 0 Å². The number of hydrogen-bond donors (Lipinski definition) is 0. The zero-order valence-electron chi connectivity index (χ0n) is 17.6. The number of rotatable bonds is 6. The third kappa shape index (κ3) is 4.54. The van der Waals surface area contributed by atoms with E-state index in [1.807, 2.05) is 39.9 Å². The van der Waals surface area contributed by atoms with Crippen LogP contribution in [0.15, 0.2) is 55.1 Å². The number of benzene rings is 1. The largest absolute Gasteiger partial charge is 0.492 e. The minimum Gasteiger partial charge on any atom is -0.492 e. The van der Waals surface area contributed by atoms with Gasteiger partial charge in [0.1, 0.15) is 18.2 Å². The molecule has 3 aromatic heterocycles. The van der Waals surface area contributed by atoms with E-state index in [2.05, 4.69) is 25.2 Å². The summed E-state index contributed by atoms with van der Waals surface area (Å²) in [6, 6.07) is 11.1. The maximum atomic E-state index is 13.1. The molecule has 4 heterocycles. The van der Waals surface area contributed by atoms with Crippen molar-refractivity contribution < 1.29 is 17.9 Å². The highest BCUT2D eigenvalue weighted by Gasteiger charge is 2.37. The van der Waals surface area contributed by atoms with Gasteiger partial charge in [-0.25, -0.2) is 4.98 Å². The summed E-state index contributed by atoms with van der Waals surface area (Å²) in [5.41, 5.74) is 1.13. The van der Waals surface area contributed by atoms with E-state index < -0.39 is 12.0 Å². The fourth-order valence-electron chi connectivity index (χ4n) is 3.76. The number of alkyl halides is 3. The maximum Gasteiger partial charge on any atom is 0.453 e. The second kappa shape index (κ2) is 8.60. The molecule has 0 saturated carbocycles. The summed E-state index contributed by atoms with van der Waals surface area (Å²) in [4.78, 5) is 8.19. The van der Waals surface area contributed by atoms with Crippen molar-refractivity contribution in [3.8, 4) is 5.75 Å². The van der Waals surface area contributed by atoms with Crippen molar-refractivity contribution in [3.63, 3.8) is 0 Å². The van der Waals surface area contributed by atoms with E-state index in [0.29, 0.717) is 25.5 Å². The van der Waals surface area contributed by atoms with Gasteiger partial charge in [0.15, 0.2) is 5.65 Å².